The molecule has 4 aromatic heterocycles. The third-order valence-corrected chi connectivity index (χ3v) is 11.3. The van der Waals surface area contributed by atoms with E-state index in [4.69, 9.17) is 13.8 Å². The summed E-state index contributed by atoms with van der Waals surface area (Å²) in [5.74, 6) is 2.20. The van der Waals surface area contributed by atoms with Crippen LogP contribution in [0.3, 0.4) is 0 Å². The molecule has 305 valence electrons. The Kier molecular flexibility index (Phi) is 11.3. The van der Waals surface area contributed by atoms with Crippen LogP contribution in [-0.2, 0) is 20.1 Å². The van der Waals surface area contributed by atoms with E-state index in [1.807, 2.05) is 72.8 Å². The minimum absolute atomic E-state index is 0. The summed E-state index contributed by atoms with van der Waals surface area (Å²) in [5, 5.41) is 3.11. The van der Waals surface area contributed by atoms with E-state index >= 15 is 0 Å². The standard InChI is InChI=1S/C45H35N2O2.C11H8N.Ir/c1-27(2)35-22-31(29-14-7-5-8-15-29)23-36(28(3)4)43(35)47-39-21-12-11-20-38(39)46-45(47)34-19-13-18-33-37-24-32-25-40(30-16-9-6-10-17-30)48-41(32)26-42(37)49-44(33)34;1-2-6-10(7-3-1)11-8-4-5-9-12-11;/h5-18,20-28H,1-4H3;1-6,8-9H;/q2*-1;. The van der Waals surface area contributed by atoms with Crippen LogP contribution < -0.4 is 0 Å². The number of imidazole rings is 1. The molecule has 11 aromatic rings. The summed E-state index contributed by atoms with van der Waals surface area (Å²) >= 11 is 0. The maximum Gasteiger partial charge on any atom is 0.138 e. The monoisotopic (exact) mass is 982 g/mol. The van der Waals surface area contributed by atoms with E-state index in [0.717, 1.165) is 77.9 Å². The number of pyridine rings is 1. The second-order valence-corrected chi connectivity index (χ2v) is 16.0. The molecule has 0 aliphatic carbocycles. The van der Waals surface area contributed by atoms with Gasteiger partial charge in [0.05, 0.1) is 22.4 Å². The van der Waals surface area contributed by atoms with E-state index in [1.54, 1.807) is 6.20 Å². The van der Waals surface area contributed by atoms with Crippen molar-refractivity contribution in [2.45, 2.75) is 39.5 Å². The summed E-state index contributed by atoms with van der Waals surface area (Å²) < 4.78 is 15.4. The Morgan fingerprint density at radius 3 is 1.95 bits per heavy atom. The van der Waals surface area contributed by atoms with Gasteiger partial charge in [-0.05, 0) is 82.2 Å². The first-order chi connectivity index (χ1) is 29.9. The molecule has 11 rings (SSSR count). The number of aromatic nitrogens is 3. The number of rotatable bonds is 7. The van der Waals surface area contributed by atoms with Gasteiger partial charge < -0.3 is 18.4 Å². The van der Waals surface area contributed by atoms with Gasteiger partial charge in [-0.1, -0.05) is 124 Å². The molecule has 0 N–H and O–H groups in total. The number of para-hydroxylation sites is 2. The fourth-order valence-electron chi connectivity index (χ4n) is 8.30. The Morgan fingerprint density at radius 2 is 1.26 bits per heavy atom. The van der Waals surface area contributed by atoms with Crippen LogP contribution in [0.15, 0.2) is 185 Å². The van der Waals surface area contributed by atoms with E-state index in [-0.39, 0.29) is 31.9 Å². The van der Waals surface area contributed by atoms with Crippen molar-refractivity contribution in [2.75, 3.05) is 0 Å². The number of nitrogens with zero attached hydrogens (tertiary/aromatic N) is 3. The minimum atomic E-state index is 0. The van der Waals surface area contributed by atoms with Crippen LogP contribution in [0, 0.1) is 12.1 Å². The van der Waals surface area contributed by atoms with Crippen LogP contribution in [0.2, 0.25) is 0 Å². The molecule has 0 saturated heterocycles. The molecule has 62 heavy (non-hydrogen) atoms. The predicted molar refractivity (Wildman–Crippen MR) is 250 cm³/mol. The Hall–Kier alpha value is -6.85. The largest absolute Gasteiger partial charge is 0.500 e. The fraction of sp³-hybridized carbons (Fsp3) is 0.107. The normalized spacial score (nSPS) is 11.4. The number of furan rings is 2. The van der Waals surface area contributed by atoms with Gasteiger partial charge in [-0.15, -0.1) is 54.1 Å². The molecule has 0 amide bonds. The molecule has 7 aromatic carbocycles. The summed E-state index contributed by atoms with van der Waals surface area (Å²) in [7, 11) is 0. The number of hydrogen-bond acceptors (Lipinski definition) is 4. The summed E-state index contributed by atoms with van der Waals surface area (Å²) in [6.07, 6.45) is 1.79. The predicted octanol–water partition coefficient (Wildman–Crippen LogP) is 15.3. The number of hydrogen-bond donors (Lipinski definition) is 0. The molecular weight excluding hydrogens is 939 g/mol. The first kappa shape index (κ1) is 40.5. The Labute approximate surface area is 375 Å². The van der Waals surface area contributed by atoms with Gasteiger partial charge in [0.15, 0.2) is 0 Å². The van der Waals surface area contributed by atoms with E-state index in [1.165, 1.54) is 27.9 Å². The van der Waals surface area contributed by atoms with Crippen molar-refractivity contribution in [3.63, 3.8) is 0 Å². The maximum atomic E-state index is 6.74. The van der Waals surface area contributed by atoms with Gasteiger partial charge in [0.25, 0.3) is 0 Å². The first-order valence-corrected chi connectivity index (χ1v) is 20.9. The van der Waals surface area contributed by atoms with E-state index < -0.39 is 0 Å². The molecule has 0 aliphatic heterocycles. The van der Waals surface area contributed by atoms with Crippen molar-refractivity contribution in [1.29, 1.82) is 0 Å². The summed E-state index contributed by atoms with van der Waals surface area (Å²) in [4.78, 5) is 9.52. The van der Waals surface area contributed by atoms with Gasteiger partial charge in [-0.3, -0.25) is 4.98 Å². The third-order valence-electron chi connectivity index (χ3n) is 11.3. The van der Waals surface area contributed by atoms with Gasteiger partial charge >= 0.3 is 0 Å². The zero-order valence-electron chi connectivity index (χ0n) is 34.9. The summed E-state index contributed by atoms with van der Waals surface area (Å²) in [6.45, 7) is 9.12. The van der Waals surface area contributed by atoms with Gasteiger partial charge in [-0.2, -0.15) is 0 Å². The van der Waals surface area contributed by atoms with Crippen LogP contribution in [0.4, 0.5) is 0 Å². The van der Waals surface area contributed by atoms with E-state index in [0.29, 0.717) is 0 Å². The molecule has 6 heteroatoms. The van der Waals surface area contributed by atoms with Crippen molar-refractivity contribution in [2.24, 2.45) is 0 Å². The fourth-order valence-corrected chi connectivity index (χ4v) is 8.30. The van der Waals surface area contributed by atoms with Crippen LogP contribution in [0.25, 0.3) is 94.7 Å². The van der Waals surface area contributed by atoms with E-state index in [2.05, 4.69) is 146 Å². The topological polar surface area (TPSA) is 57.0 Å². The van der Waals surface area contributed by atoms with Crippen molar-refractivity contribution in [3.05, 3.63) is 199 Å². The number of benzene rings is 7. The third kappa shape index (κ3) is 7.57. The van der Waals surface area contributed by atoms with Crippen LogP contribution >= 0.6 is 0 Å². The summed E-state index contributed by atoms with van der Waals surface area (Å²) in [5.41, 5.74) is 14.4. The van der Waals surface area contributed by atoms with Crippen molar-refractivity contribution < 1.29 is 28.9 Å². The maximum absolute atomic E-state index is 6.74. The van der Waals surface area contributed by atoms with Crippen LogP contribution in [0.1, 0.15) is 50.7 Å². The quantitative estimate of drug-likeness (QED) is 0.149. The van der Waals surface area contributed by atoms with Crippen molar-refractivity contribution in [1.82, 2.24) is 14.5 Å². The second kappa shape index (κ2) is 17.3. The first-order valence-electron chi connectivity index (χ1n) is 20.9. The van der Waals surface area contributed by atoms with Gasteiger partial charge in [0, 0.05) is 54.4 Å². The average Bonchev–Trinajstić information content (AvgIpc) is 4.02. The molecule has 5 nitrogen and oxygen atoms in total. The van der Waals surface area contributed by atoms with E-state index in [9.17, 15) is 0 Å². The van der Waals surface area contributed by atoms with Crippen molar-refractivity contribution in [3.8, 4) is 50.8 Å². The van der Waals surface area contributed by atoms with Gasteiger partial charge in [0.2, 0.25) is 0 Å². The zero-order valence-corrected chi connectivity index (χ0v) is 37.3. The zero-order chi connectivity index (χ0) is 41.5. The molecule has 0 spiro atoms. The molecule has 4 heterocycles. The SMILES string of the molecule is CC(C)c1cc(-c2ccccc2)cc(C(C)C)c1-n1c(-c2[c-]ccc3c2oc2cc4oc(-c5ccccc5)cc4cc23)nc2ccccc21.[Ir].[c-]1ccccc1-c1ccccn1. The van der Waals surface area contributed by atoms with Crippen LogP contribution in [0.5, 0.6) is 0 Å². The Balaban J connectivity index is 0.000000325. The van der Waals surface area contributed by atoms with Gasteiger partial charge in [-0.25, -0.2) is 0 Å². The summed E-state index contributed by atoms with van der Waals surface area (Å²) in [6, 6.07) is 64.8. The molecule has 0 saturated carbocycles. The van der Waals surface area contributed by atoms with Crippen molar-refractivity contribution >= 4 is 43.9 Å². The molecule has 0 atom stereocenters. The van der Waals surface area contributed by atoms with Crippen LogP contribution in [-0.4, -0.2) is 14.5 Å². The Bertz CT molecular complexity index is 3230. The molecule has 0 unspecified atom stereocenters. The number of fused-ring (bicyclic) bond motifs is 5. The van der Waals surface area contributed by atoms with Gasteiger partial charge in [0.1, 0.15) is 16.9 Å². The molecular formula is C56H43IrN3O2-2. The Morgan fingerprint density at radius 1 is 0.565 bits per heavy atom. The average molecular weight is 982 g/mol. The minimum Gasteiger partial charge on any atom is -0.500 e. The molecule has 1 radical (unpaired) electrons. The molecule has 0 bridgehead atoms. The molecule has 0 fully saturated rings. The molecule has 0 aliphatic rings. The smallest absolute Gasteiger partial charge is 0.138 e. The second-order valence-electron chi connectivity index (χ2n) is 16.0.